The predicted octanol–water partition coefficient (Wildman–Crippen LogP) is 4.38. The van der Waals surface area contributed by atoms with Crippen LogP contribution in [-0.2, 0) is 11.3 Å². The van der Waals surface area contributed by atoms with Crippen molar-refractivity contribution in [3.05, 3.63) is 52.1 Å². The summed E-state index contributed by atoms with van der Waals surface area (Å²) in [7, 11) is 1.54. The van der Waals surface area contributed by atoms with Crippen LogP contribution in [0, 0.1) is 12.7 Å². The first kappa shape index (κ1) is 27.3. The first-order valence-corrected chi connectivity index (χ1v) is 11.0. The summed E-state index contributed by atoms with van der Waals surface area (Å²) in [6, 6.07) is 3.83. The molecule has 1 heterocycles. The zero-order chi connectivity index (χ0) is 25.3. The molecule has 7 nitrogen and oxygen atoms in total. The molecule has 0 bridgehead atoms. The normalized spacial score (nSPS) is 12.7. The minimum absolute atomic E-state index is 0.0591. The van der Waals surface area contributed by atoms with Gasteiger partial charge < -0.3 is 20.4 Å². The molecule has 10 heteroatoms. The van der Waals surface area contributed by atoms with Crippen LogP contribution in [0.3, 0.4) is 0 Å². The Morgan fingerprint density at radius 3 is 2.65 bits per heavy atom. The number of nitrogens with one attached hydrogen (secondary N) is 1. The summed E-state index contributed by atoms with van der Waals surface area (Å²) >= 11 is 0. The first-order valence-electron chi connectivity index (χ1n) is 11.0. The lowest BCUT2D eigenvalue weighted by molar-refractivity contribution is -0.107. The zero-order valence-electron chi connectivity index (χ0n) is 19.6. The average molecular weight is 481 g/mol. The monoisotopic (exact) mass is 480 g/mol. The first-order chi connectivity index (χ1) is 16.2. The van der Waals surface area contributed by atoms with Crippen molar-refractivity contribution in [2.75, 3.05) is 23.9 Å². The van der Waals surface area contributed by atoms with Gasteiger partial charge in [-0.15, -0.1) is 0 Å². The van der Waals surface area contributed by atoms with Crippen molar-refractivity contribution in [3.8, 4) is 0 Å². The van der Waals surface area contributed by atoms with Crippen molar-refractivity contribution in [2.24, 2.45) is 0 Å². The third-order valence-corrected chi connectivity index (χ3v) is 5.28. The van der Waals surface area contributed by atoms with Gasteiger partial charge in [-0.2, -0.15) is 0 Å². The molecular formula is C24H31F3N4O3. The number of carbonyl (C=O) groups excluding carboxylic acids is 1. The molecule has 0 saturated heterocycles. The minimum atomic E-state index is -2.92. The van der Waals surface area contributed by atoms with E-state index in [0.29, 0.717) is 55.1 Å². The second-order valence-corrected chi connectivity index (χ2v) is 8.10. The molecule has 1 aromatic heterocycles. The molecule has 0 aliphatic heterocycles. The standard InChI is InChI=1S/C24H31F3N4O3/c1-15(6-4-8-18(34)10-11-32)12-20-23(29-16(2)30-24(20)31(3)14-33)28-13-17-7-5-9-19(21(17)25)22(26)27/h5,7,9,12,14,18,22,32,34H,4,6,8,10-11,13H2,1-3H3,(H,28,29,30)/b15-12+/t18-/m1/s1. The van der Waals surface area contributed by atoms with Gasteiger partial charge in [0, 0.05) is 25.8 Å². The summed E-state index contributed by atoms with van der Waals surface area (Å²) in [5.41, 5.74) is 0.819. The smallest absolute Gasteiger partial charge is 0.266 e. The number of aliphatic hydroxyl groups is 2. The van der Waals surface area contributed by atoms with Crippen LogP contribution in [0.25, 0.3) is 6.08 Å². The number of nitrogens with zero attached hydrogens (tertiary/aromatic N) is 3. The highest BCUT2D eigenvalue weighted by Crippen LogP contribution is 2.29. The van der Waals surface area contributed by atoms with Crippen LogP contribution >= 0.6 is 0 Å². The van der Waals surface area contributed by atoms with E-state index in [1.54, 1.807) is 14.0 Å². The summed E-state index contributed by atoms with van der Waals surface area (Å²) in [6.07, 6.45) is 1.09. The highest BCUT2D eigenvalue weighted by Gasteiger charge is 2.18. The van der Waals surface area contributed by atoms with Gasteiger partial charge in [-0.05, 0) is 45.6 Å². The maximum atomic E-state index is 14.5. The number of anilines is 2. The lowest BCUT2D eigenvalue weighted by Crippen LogP contribution is -2.19. The molecule has 186 valence electrons. The van der Waals surface area contributed by atoms with Crippen molar-refractivity contribution < 1.29 is 28.2 Å². The summed E-state index contributed by atoms with van der Waals surface area (Å²) in [5.74, 6) is 0.0647. The number of aliphatic hydroxyl groups excluding tert-OH is 2. The number of allylic oxidation sites excluding steroid dienone is 1. The van der Waals surface area contributed by atoms with E-state index in [1.165, 1.54) is 17.0 Å². The Kier molecular flexibility index (Phi) is 10.5. The fourth-order valence-electron chi connectivity index (χ4n) is 3.46. The zero-order valence-corrected chi connectivity index (χ0v) is 19.6. The second-order valence-electron chi connectivity index (χ2n) is 8.10. The van der Waals surface area contributed by atoms with E-state index >= 15 is 0 Å². The fourth-order valence-corrected chi connectivity index (χ4v) is 3.46. The molecule has 0 saturated carbocycles. The average Bonchev–Trinajstić information content (AvgIpc) is 2.79. The maximum absolute atomic E-state index is 14.5. The number of hydrogen-bond donors (Lipinski definition) is 3. The summed E-state index contributed by atoms with van der Waals surface area (Å²) in [4.78, 5) is 21.5. The number of amides is 1. The lowest BCUT2D eigenvalue weighted by atomic mass is 10.0. The second kappa shape index (κ2) is 13.0. The highest BCUT2D eigenvalue weighted by atomic mass is 19.3. The van der Waals surface area contributed by atoms with Crippen LogP contribution in [0.1, 0.15) is 61.5 Å². The SMILES string of the molecule is C/C(=C\c1c(NCc2cccc(C(F)F)c2F)nc(C)nc1N(C)C=O)CCC[C@@H](O)CCO. The molecule has 1 amide bonds. The van der Waals surface area contributed by atoms with Crippen LogP contribution in [0.2, 0.25) is 0 Å². The molecule has 34 heavy (non-hydrogen) atoms. The van der Waals surface area contributed by atoms with Crippen LogP contribution in [0.15, 0.2) is 23.8 Å². The van der Waals surface area contributed by atoms with Gasteiger partial charge in [-0.1, -0.05) is 23.8 Å². The quantitative estimate of drug-likeness (QED) is 0.368. The number of carbonyl (C=O) groups is 1. The molecule has 0 unspecified atom stereocenters. The van der Waals surface area contributed by atoms with Gasteiger partial charge in [-0.3, -0.25) is 4.79 Å². The Balaban J connectivity index is 2.34. The van der Waals surface area contributed by atoms with Crippen LogP contribution in [-0.4, -0.2) is 46.3 Å². The van der Waals surface area contributed by atoms with Gasteiger partial charge in [0.25, 0.3) is 6.43 Å². The molecule has 0 aliphatic rings. The minimum Gasteiger partial charge on any atom is -0.396 e. The van der Waals surface area contributed by atoms with Crippen molar-refractivity contribution in [3.63, 3.8) is 0 Å². The van der Waals surface area contributed by atoms with E-state index in [0.717, 1.165) is 11.6 Å². The van der Waals surface area contributed by atoms with Crippen LogP contribution < -0.4 is 10.2 Å². The molecule has 1 atom stereocenters. The van der Waals surface area contributed by atoms with Gasteiger partial charge in [0.2, 0.25) is 6.41 Å². The number of halogens is 3. The largest absolute Gasteiger partial charge is 0.396 e. The van der Waals surface area contributed by atoms with E-state index < -0.39 is 23.9 Å². The molecule has 0 aliphatic carbocycles. The third kappa shape index (κ3) is 7.53. The number of rotatable bonds is 13. The third-order valence-electron chi connectivity index (χ3n) is 5.28. The van der Waals surface area contributed by atoms with Crippen molar-refractivity contribution in [2.45, 2.75) is 58.6 Å². The van der Waals surface area contributed by atoms with Gasteiger partial charge in [0.15, 0.2) is 0 Å². The molecule has 1 aromatic carbocycles. The molecule has 0 spiro atoms. The maximum Gasteiger partial charge on any atom is 0.266 e. The number of benzene rings is 1. The van der Waals surface area contributed by atoms with Crippen LogP contribution in [0.4, 0.5) is 24.8 Å². The van der Waals surface area contributed by atoms with Gasteiger partial charge >= 0.3 is 0 Å². The lowest BCUT2D eigenvalue weighted by Gasteiger charge is -2.18. The number of alkyl halides is 2. The molecular weight excluding hydrogens is 449 g/mol. The predicted molar refractivity (Wildman–Crippen MR) is 125 cm³/mol. The van der Waals surface area contributed by atoms with E-state index in [-0.39, 0.29) is 18.7 Å². The van der Waals surface area contributed by atoms with Crippen molar-refractivity contribution in [1.82, 2.24) is 9.97 Å². The van der Waals surface area contributed by atoms with Gasteiger partial charge in [0.1, 0.15) is 23.3 Å². The fraction of sp³-hybridized carbons (Fsp3) is 0.458. The van der Waals surface area contributed by atoms with E-state index in [2.05, 4.69) is 15.3 Å². The Bertz CT molecular complexity index is 1000. The van der Waals surface area contributed by atoms with Crippen molar-refractivity contribution >= 4 is 24.1 Å². The Morgan fingerprint density at radius 1 is 1.26 bits per heavy atom. The summed E-state index contributed by atoms with van der Waals surface area (Å²) in [5, 5.41) is 21.7. The molecule has 0 fully saturated rings. The van der Waals surface area contributed by atoms with Gasteiger partial charge in [-0.25, -0.2) is 23.1 Å². The Hall–Kier alpha value is -2.98. The number of aromatic nitrogens is 2. The molecule has 2 rings (SSSR count). The summed E-state index contributed by atoms with van der Waals surface area (Å²) < 4.78 is 40.6. The number of aryl methyl sites for hydroxylation is 1. The van der Waals surface area contributed by atoms with Crippen molar-refractivity contribution in [1.29, 1.82) is 0 Å². The molecule has 2 aromatic rings. The summed E-state index contributed by atoms with van der Waals surface area (Å²) in [6.45, 7) is 3.36. The van der Waals surface area contributed by atoms with E-state index in [4.69, 9.17) is 5.11 Å². The van der Waals surface area contributed by atoms with E-state index in [9.17, 15) is 23.1 Å². The topological polar surface area (TPSA) is 98.6 Å². The Labute approximate surface area is 197 Å². The van der Waals surface area contributed by atoms with E-state index in [1.807, 2.05) is 13.0 Å². The highest BCUT2D eigenvalue weighted by molar-refractivity contribution is 5.83. The van der Waals surface area contributed by atoms with Crippen LogP contribution in [0.5, 0.6) is 0 Å². The number of hydrogen-bond acceptors (Lipinski definition) is 6. The molecule has 0 radical (unpaired) electrons. The van der Waals surface area contributed by atoms with Gasteiger partial charge in [0.05, 0.1) is 17.2 Å². The Morgan fingerprint density at radius 2 is 2.00 bits per heavy atom. The molecule has 3 N–H and O–H groups in total.